The summed E-state index contributed by atoms with van der Waals surface area (Å²) in [5.74, 6) is 0.623. The van der Waals surface area contributed by atoms with Gasteiger partial charge in [-0.25, -0.2) is 4.79 Å². The van der Waals surface area contributed by atoms with Crippen molar-refractivity contribution in [3.8, 4) is 0 Å². The van der Waals surface area contributed by atoms with Crippen LogP contribution in [0.1, 0.15) is 49.5 Å². The molecule has 2 heterocycles. The number of hydrogen-bond donors (Lipinski definition) is 0. The Morgan fingerprint density at radius 2 is 1.55 bits per heavy atom. The van der Waals surface area contributed by atoms with Crippen molar-refractivity contribution >= 4 is 22.7 Å². The SMILES string of the molecule is CCn1c(=O)n(CC(=O)N2CCC(C(=O)c3ccc(CC(C)C)cc3)CC2)c2ccccc21. The molecule has 0 N–H and O–H groups in total. The van der Waals surface area contributed by atoms with Crippen molar-refractivity contribution in [1.29, 1.82) is 0 Å². The summed E-state index contributed by atoms with van der Waals surface area (Å²) in [7, 11) is 0. The van der Waals surface area contributed by atoms with Gasteiger partial charge < -0.3 is 4.90 Å². The molecule has 0 unspecified atom stereocenters. The van der Waals surface area contributed by atoms with Crippen LogP contribution in [0.4, 0.5) is 0 Å². The standard InChI is InChI=1S/C27H33N3O3/c1-4-29-23-7-5-6-8-24(23)30(27(29)33)18-25(31)28-15-13-22(14-16-28)26(32)21-11-9-20(10-12-21)17-19(2)3/h5-12,19,22H,4,13-18H2,1-3H3. The quantitative estimate of drug-likeness (QED) is 0.511. The number of piperidine rings is 1. The summed E-state index contributed by atoms with van der Waals surface area (Å²) >= 11 is 0. The van der Waals surface area contributed by atoms with Gasteiger partial charge in [0.2, 0.25) is 5.91 Å². The third-order valence-corrected chi connectivity index (χ3v) is 6.64. The van der Waals surface area contributed by atoms with Crippen LogP contribution in [0, 0.1) is 11.8 Å². The molecule has 6 nitrogen and oxygen atoms in total. The first-order chi connectivity index (χ1) is 15.9. The van der Waals surface area contributed by atoms with E-state index in [9.17, 15) is 14.4 Å². The molecule has 174 valence electrons. The average molecular weight is 448 g/mol. The van der Waals surface area contributed by atoms with Gasteiger partial charge in [-0.15, -0.1) is 0 Å². The molecule has 0 radical (unpaired) electrons. The third kappa shape index (κ3) is 4.80. The van der Waals surface area contributed by atoms with E-state index in [4.69, 9.17) is 0 Å². The summed E-state index contributed by atoms with van der Waals surface area (Å²) in [5.41, 5.74) is 3.48. The molecule has 0 saturated carbocycles. The third-order valence-electron chi connectivity index (χ3n) is 6.64. The van der Waals surface area contributed by atoms with E-state index in [2.05, 4.69) is 26.0 Å². The van der Waals surface area contributed by atoms with Crippen LogP contribution in [0.5, 0.6) is 0 Å². The Morgan fingerprint density at radius 3 is 2.12 bits per heavy atom. The Kier molecular flexibility index (Phi) is 6.82. The van der Waals surface area contributed by atoms with Gasteiger partial charge in [0.25, 0.3) is 0 Å². The molecule has 0 spiro atoms. The van der Waals surface area contributed by atoms with Crippen LogP contribution in [-0.2, 0) is 24.3 Å². The number of carbonyl (C=O) groups excluding carboxylic acids is 2. The fraction of sp³-hybridized carbons (Fsp3) is 0.444. The Balaban J connectivity index is 1.39. The molecule has 1 aliphatic rings. The molecule has 1 saturated heterocycles. The topological polar surface area (TPSA) is 64.3 Å². The van der Waals surface area contributed by atoms with Crippen molar-refractivity contribution in [1.82, 2.24) is 14.0 Å². The molecule has 1 aliphatic heterocycles. The van der Waals surface area contributed by atoms with Crippen LogP contribution >= 0.6 is 0 Å². The summed E-state index contributed by atoms with van der Waals surface area (Å²) in [6.07, 6.45) is 2.32. The fourth-order valence-corrected chi connectivity index (χ4v) is 4.87. The molecule has 6 heteroatoms. The predicted octanol–water partition coefficient (Wildman–Crippen LogP) is 4.14. The van der Waals surface area contributed by atoms with E-state index in [0.29, 0.717) is 38.4 Å². The molecule has 0 bridgehead atoms. The molecule has 1 aromatic heterocycles. The average Bonchev–Trinajstić information content (AvgIpc) is 3.09. The minimum absolute atomic E-state index is 0.0300. The summed E-state index contributed by atoms with van der Waals surface area (Å²) in [6, 6.07) is 15.6. The number of imidazole rings is 1. The van der Waals surface area contributed by atoms with Gasteiger partial charge in [0.05, 0.1) is 11.0 Å². The molecule has 2 aromatic carbocycles. The first kappa shape index (κ1) is 23.0. The number of aryl methyl sites for hydroxylation is 1. The monoisotopic (exact) mass is 447 g/mol. The minimum atomic E-state index is -0.155. The molecule has 33 heavy (non-hydrogen) atoms. The highest BCUT2D eigenvalue weighted by Gasteiger charge is 2.28. The van der Waals surface area contributed by atoms with Crippen LogP contribution in [0.2, 0.25) is 0 Å². The molecule has 0 atom stereocenters. The van der Waals surface area contributed by atoms with E-state index in [1.165, 1.54) is 5.56 Å². The lowest BCUT2D eigenvalue weighted by atomic mass is 9.88. The van der Waals surface area contributed by atoms with Crippen LogP contribution in [0.15, 0.2) is 53.3 Å². The van der Waals surface area contributed by atoms with Crippen molar-refractivity contribution in [2.75, 3.05) is 13.1 Å². The van der Waals surface area contributed by atoms with E-state index in [1.54, 1.807) is 14.0 Å². The van der Waals surface area contributed by atoms with Gasteiger partial charge >= 0.3 is 5.69 Å². The van der Waals surface area contributed by atoms with Crippen LogP contribution in [0.3, 0.4) is 0 Å². The lowest BCUT2D eigenvalue weighted by Gasteiger charge is -2.31. The van der Waals surface area contributed by atoms with Crippen molar-refractivity contribution < 1.29 is 9.59 Å². The Hall–Kier alpha value is -3.15. The summed E-state index contributed by atoms with van der Waals surface area (Å²) in [5, 5.41) is 0. The van der Waals surface area contributed by atoms with Gasteiger partial charge in [-0.05, 0) is 49.8 Å². The van der Waals surface area contributed by atoms with Gasteiger partial charge in [0.15, 0.2) is 5.78 Å². The maximum absolute atomic E-state index is 13.0. The number of hydrogen-bond acceptors (Lipinski definition) is 3. The van der Waals surface area contributed by atoms with Crippen molar-refractivity contribution in [3.63, 3.8) is 0 Å². The first-order valence-corrected chi connectivity index (χ1v) is 12.0. The van der Waals surface area contributed by atoms with E-state index < -0.39 is 0 Å². The number of nitrogens with zero attached hydrogens (tertiary/aromatic N) is 3. The van der Waals surface area contributed by atoms with Gasteiger partial charge in [-0.2, -0.15) is 0 Å². The molecule has 1 fully saturated rings. The van der Waals surface area contributed by atoms with E-state index >= 15 is 0 Å². The zero-order valence-corrected chi connectivity index (χ0v) is 19.8. The highest BCUT2D eigenvalue weighted by atomic mass is 16.2. The number of fused-ring (bicyclic) bond motifs is 1. The van der Waals surface area contributed by atoms with E-state index in [0.717, 1.165) is 23.0 Å². The van der Waals surface area contributed by atoms with Gasteiger partial charge in [-0.1, -0.05) is 50.2 Å². The minimum Gasteiger partial charge on any atom is -0.341 e. The molecule has 3 aromatic rings. The number of benzene rings is 2. The lowest BCUT2D eigenvalue weighted by molar-refractivity contribution is -0.133. The number of Topliss-reactive ketones (excluding diaryl/α,β-unsaturated/α-hetero) is 1. The van der Waals surface area contributed by atoms with E-state index in [-0.39, 0.29) is 29.8 Å². The van der Waals surface area contributed by atoms with Crippen molar-refractivity contribution in [3.05, 3.63) is 70.1 Å². The van der Waals surface area contributed by atoms with E-state index in [1.807, 2.05) is 43.3 Å². The summed E-state index contributed by atoms with van der Waals surface area (Å²) in [6.45, 7) is 7.98. The highest BCUT2D eigenvalue weighted by molar-refractivity contribution is 5.98. The maximum atomic E-state index is 13.0. The summed E-state index contributed by atoms with van der Waals surface area (Å²) in [4.78, 5) is 40.6. The highest BCUT2D eigenvalue weighted by Crippen LogP contribution is 2.23. The Morgan fingerprint density at radius 1 is 0.939 bits per heavy atom. The van der Waals surface area contributed by atoms with Gasteiger partial charge in [0.1, 0.15) is 6.54 Å². The maximum Gasteiger partial charge on any atom is 0.329 e. The second-order valence-corrected chi connectivity index (χ2v) is 9.42. The number of rotatable bonds is 7. The van der Waals surface area contributed by atoms with Crippen LogP contribution in [0.25, 0.3) is 11.0 Å². The molecule has 4 rings (SSSR count). The van der Waals surface area contributed by atoms with Crippen molar-refractivity contribution in [2.24, 2.45) is 11.8 Å². The fourth-order valence-electron chi connectivity index (χ4n) is 4.87. The number of para-hydroxylation sites is 2. The Labute approximate surface area is 194 Å². The second-order valence-electron chi connectivity index (χ2n) is 9.42. The second kappa shape index (κ2) is 9.77. The Bertz CT molecular complexity index is 1200. The van der Waals surface area contributed by atoms with Crippen LogP contribution in [-0.4, -0.2) is 38.8 Å². The largest absolute Gasteiger partial charge is 0.341 e. The smallest absolute Gasteiger partial charge is 0.329 e. The normalized spacial score (nSPS) is 14.8. The summed E-state index contributed by atoms with van der Waals surface area (Å²) < 4.78 is 3.26. The number of aromatic nitrogens is 2. The number of ketones is 1. The number of amides is 1. The molecule has 1 amide bonds. The van der Waals surface area contributed by atoms with Crippen LogP contribution < -0.4 is 5.69 Å². The predicted molar refractivity (Wildman–Crippen MR) is 130 cm³/mol. The number of carbonyl (C=O) groups is 2. The molecule has 0 aliphatic carbocycles. The van der Waals surface area contributed by atoms with Gasteiger partial charge in [0, 0.05) is 31.1 Å². The zero-order chi connectivity index (χ0) is 23.5. The first-order valence-electron chi connectivity index (χ1n) is 12.0. The lowest BCUT2D eigenvalue weighted by Crippen LogP contribution is -2.43. The number of likely N-dealkylation sites (tertiary alicyclic amines) is 1. The zero-order valence-electron chi connectivity index (χ0n) is 19.8. The van der Waals surface area contributed by atoms with Crippen molar-refractivity contribution in [2.45, 2.75) is 53.1 Å². The molecular formula is C27H33N3O3. The van der Waals surface area contributed by atoms with Gasteiger partial charge in [-0.3, -0.25) is 18.7 Å². The molecular weight excluding hydrogens is 414 g/mol.